The van der Waals surface area contributed by atoms with Gasteiger partial charge in [-0.3, -0.25) is 4.79 Å². The Balaban J connectivity index is 0.00000338. The van der Waals surface area contributed by atoms with Gasteiger partial charge in [-0.25, -0.2) is 4.99 Å². The minimum Gasteiger partial charge on any atom is -0.378 e. The van der Waals surface area contributed by atoms with Gasteiger partial charge in [-0.15, -0.1) is 24.0 Å². The van der Waals surface area contributed by atoms with Crippen LogP contribution >= 0.6 is 24.0 Å². The third-order valence-corrected chi connectivity index (χ3v) is 4.56. The smallest absolute Gasteiger partial charge is 0.222 e. The number of benzene rings is 1. The number of aryl methyl sites for hydroxylation is 1. The molecule has 1 aliphatic rings. The Labute approximate surface area is 174 Å². The summed E-state index contributed by atoms with van der Waals surface area (Å²) >= 11 is 0. The van der Waals surface area contributed by atoms with Crippen LogP contribution in [0.25, 0.3) is 0 Å². The Kier molecular flexibility index (Phi) is 9.18. The number of carbonyl (C=O) groups is 1. The number of nitrogens with one attached hydrogen (secondary N) is 2. The van der Waals surface area contributed by atoms with Gasteiger partial charge in [0.15, 0.2) is 5.96 Å². The number of guanidine groups is 1. The van der Waals surface area contributed by atoms with Crippen molar-refractivity contribution in [2.24, 2.45) is 4.99 Å². The third kappa shape index (κ3) is 6.34. The van der Waals surface area contributed by atoms with Crippen LogP contribution in [0.15, 0.2) is 23.2 Å². The first-order valence-electron chi connectivity index (χ1n) is 8.96. The lowest BCUT2D eigenvalue weighted by molar-refractivity contribution is -0.132. The first-order chi connectivity index (χ1) is 11.9. The third-order valence-electron chi connectivity index (χ3n) is 4.56. The molecule has 1 fully saturated rings. The zero-order valence-corrected chi connectivity index (χ0v) is 18.8. The molecule has 1 saturated heterocycles. The van der Waals surface area contributed by atoms with Crippen molar-refractivity contribution in [1.29, 1.82) is 0 Å². The topological polar surface area (TPSA) is 60.0 Å². The largest absolute Gasteiger partial charge is 0.378 e. The monoisotopic (exact) mass is 473 g/mol. The van der Waals surface area contributed by atoms with Crippen LogP contribution in [0.1, 0.15) is 30.9 Å². The van der Waals surface area contributed by atoms with E-state index in [0.29, 0.717) is 13.0 Å². The van der Waals surface area contributed by atoms with Gasteiger partial charge in [-0.2, -0.15) is 0 Å². The van der Waals surface area contributed by atoms with E-state index in [0.717, 1.165) is 25.5 Å². The first kappa shape index (κ1) is 22.5. The maximum absolute atomic E-state index is 11.6. The van der Waals surface area contributed by atoms with Crippen molar-refractivity contribution in [3.05, 3.63) is 29.3 Å². The molecule has 1 aromatic carbocycles. The summed E-state index contributed by atoms with van der Waals surface area (Å²) in [5, 5.41) is 6.77. The molecule has 0 bridgehead atoms. The summed E-state index contributed by atoms with van der Waals surface area (Å²) in [5.41, 5.74) is 3.66. The number of aliphatic imine (C=N–C) groups is 1. The number of rotatable bonds is 5. The van der Waals surface area contributed by atoms with Gasteiger partial charge in [0.2, 0.25) is 5.91 Å². The quantitative estimate of drug-likeness (QED) is 0.392. The number of anilines is 1. The number of hydrogen-bond donors (Lipinski definition) is 2. The predicted molar refractivity (Wildman–Crippen MR) is 120 cm³/mol. The zero-order valence-electron chi connectivity index (χ0n) is 16.5. The molecule has 7 heteroatoms. The predicted octanol–water partition coefficient (Wildman–Crippen LogP) is 2.35. The van der Waals surface area contributed by atoms with E-state index in [1.807, 2.05) is 21.1 Å². The highest BCUT2D eigenvalue weighted by Gasteiger charge is 2.23. The molecule has 1 amide bonds. The lowest BCUT2D eigenvalue weighted by Gasteiger charge is -2.31. The Bertz CT molecular complexity index is 632. The average Bonchev–Trinajstić information content (AvgIpc) is 2.57. The van der Waals surface area contributed by atoms with Crippen molar-refractivity contribution in [2.45, 2.75) is 39.3 Å². The van der Waals surface area contributed by atoms with Crippen LogP contribution < -0.4 is 15.5 Å². The summed E-state index contributed by atoms with van der Waals surface area (Å²) in [6, 6.07) is 6.70. The number of amides is 1. The van der Waals surface area contributed by atoms with Crippen molar-refractivity contribution >= 4 is 41.5 Å². The second kappa shape index (κ2) is 10.6. The Morgan fingerprint density at radius 1 is 1.38 bits per heavy atom. The van der Waals surface area contributed by atoms with Crippen molar-refractivity contribution in [3.63, 3.8) is 0 Å². The van der Waals surface area contributed by atoms with Crippen LogP contribution in [0.5, 0.6) is 0 Å². The summed E-state index contributed by atoms with van der Waals surface area (Å²) in [7, 11) is 5.95. The number of nitrogens with zero attached hydrogens (tertiary/aromatic N) is 3. The van der Waals surface area contributed by atoms with Gasteiger partial charge in [-0.1, -0.05) is 6.07 Å². The Hall–Kier alpha value is -1.51. The van der Waals surface area contributed by atoms with Crippen LogP contribution in [-0.4, -0.2) is 57.0 Å². The highest BCUT2D eigenvalue weighted by Crippen LogP contribution is 2.18. The van der Waals surface area contributed by atoms with Crippen molar-refractivity contribution < 1.29 is 4.79 Å². The molecule has 2 rings (SSSR count). The van der Waals surface area contributed by atoms with Crippen molar-refractivity contribution in [2.75, 3.05) is 39.1 Å². The van der Waals surface area contributed by atoms with Gasteiger partial charge in [0, 0.05) is 52.4 Å². The first-order valence-corrected chi connectivity index (χ1v) is 8.96. The maximum atomic E-state index is 11.6. The molecule has 0 aromatic heterocycles. The van der Waals surface area contributed by atoms with E-state index in [1.165, 1.54) is 16.8 Å². The number of hydrogen-bond acceptors (Lipinski definition) is 3. The van der Waals surface area contributed by atoms with Gasteiger partial charge in [-0.05, 0) is 43.5 Å². The van der Waals surface area contributed by atoms with E-state index in [4.69, 9.17) is 4.99 Å². The van der Waals surface area contributed by atoms with Gasteiger partial charge < -0.3 is 20.4 Å². The fraction of sp³-hybridized carbons (Fsp3) is 0.579. The summed E-state index contributed by atoms with van der Waals surface area (Å²) in [6.45, 7) is 6.35. The minimum atomic E-state index is 0. The lowest BCUT2D eigenvalue weighted by Crippen LogP contribution is -2.51. The van der Waals surface area contributed by atoms with E-state index < -0.39 is 0 Å². The normalized spacial score (nSPS) is 17.6. The molecular weight excluding hydrogens is 441 g/mol. The molecule has 146 valence electrons. The second-order valence-corrected chi connectivity index (χ2v) is 6.85. The van der Waals surface area contributed by atoms with Crippen LogP contribution in [0, 0.1) is 6.92 Å². The highest BCUT2D eigenvalue weighted by molar-refractivity contribution is 14.0. The molecule has 0 aliphatic carbocycles. The molecule has 1 heterocycles. The number of halogens is 1. The molecular formula is C19H32IN5O. The molecule has 0 radical (unpaired) electrons. The second-order valence-electron chi connectivity index (χ2n) is 6.85. The molecule has 2 N–H and O–H groups in total. The summed E-state index contributed by atoms with van der Waals surface area (Å²) in [6.07, 6.45) is 1.45. The van der Waals surface area contributed by atoms with E-state index in [2.05, 4.69) is 47.6 Å². The molecule has 0 saturated carbocycles. The van der Waals surface area contributed by atoms with Gasteiger partial charge in [0.05, 0.1) is 6.54 Å². The molecule has 1 unspecified atom stereocenters. The van der Waals surface area contributed by atoms with E-state index in [9.17, 15) is 4.79 Å². The Morgan fingerprint density at radius 3 is 2.69 bits per heavy atom. The Morgan fingerprint density at radius 2 is 2.12 bits per heavy atom. The molecule has 1 atom stereocenters. The fourth-order valence-corrected chi connectivity index (χ4v) is 2.94. The molecule has 1 aromatic rings. The molecule has 26 heavy (non-hydrogen) atoms. The van der Waals surface area contributed by atoms with Gasteiger partial charge in [0.1, 0.15) is 0 Å². The fourth-order valence-electron chi connectivity index (χ4n) is 2.94. The minimum absolute atomic E-state index is 0. The average molecular weight is 473 g/mol. The van der Waals surface area contributed by atoms with Crippen molar-refractivity contribution in [1.82, 2.24) is 15.5 Å². The summed E-state index contributed by atoms with van der Waals surface area (Å²) in [5.74, 6) is 1.03. The van der Waals surface area contributed by atoms with E-state index in [-0.39, 0.29) is 35.9 Å². The zero-order chi connectivity index (χ0) is 18.4. The number of piperidine rings is 1. The standard InChI is InChI=1S/C19H31N5O.HI/c1-6-20-19(22-16-8-10-18(25)24(5)13-16)21-12-15-7-9-17(23(3)4)11-14(15)2;/h7,9,11,16H,6,8,10,12-13H2,1-5H3,(H2,20,21,22);1H. The highest BCUT2D eigenvalue weighted by atomic mass is 127. The van der Waals surface area contributed by atoms with Gasteiger partial charge >= 0.3 is 0 Å². The SMILES string of the molecule is CCNC(=NCc1ccc(N(C)C)cc1C)NC1CCC(=O)N(C)C1.I. The maximum Gasteiger partial charge on any atom is 0.222 e. The van der Waals surface area contributed by atoms with Crippen LogP contribution in [0.2, 0.25) is 0 Å². The molecule has 0 spiro atoms. The lowest BCUT2D eigenvalue weighted by atomic mass is 10.1. The van der Waals surface area contributed by atoms with Gasteiger partial charge in [0.25, 0.3) is 0 Å². The van der Waals surface area contributed by atoms with E-state index in [1.54, 1.807) is 4.90 Å². The number of likely N-dealkylation sites (N-methyl/N-ethyl adjacent to an activating group) is 1. The van der Waals surface area contributed by atoms with Crippen molar-refractivity contribution in [3.8, 4) is 0 Å². The summed E-state index contributed by atoms with van der Waals surface area (Å²) in [4.78, 5) is 20.2. The van der Waals surface area contributed by atoms with Crippen LogP contribution in [-0.2, 0) is 11.3 Å². The molecule has 1 aliphatic heterocycles. The number of carbonyl (C=O) groups excluding carboxylic acids is 1. The summed E-state index contributed by atoms with van der Waals surface area (Å²) < 4.78 is 0. The van der Waals surface area contributed by atoms with Crippen LogP contribution in [0.3, 0.4) is 0 Å². The number of likely N-dealkylation sites (tertiary alicyclic amines) is 1. The molecule has 6 nitrogen and oxygen atoms in total. The van der Waals surface area contributed by atoms with Crippen LogP contribution in [0.4, 0.5) is 5.69 Å². The van der Waals surface area contributed by atoms with E-state index >= 15 is 0 Å².